The Balaban J connectivity index is 2.32. The zero-order chi connectivity index (χ0) is 14.6. The van der Waals surface area contributed by atoms with Gasteiger partial charge in [-0.1, -0.05) is 17.7 Å². The van der Waals surface area contributed by atoms with Gasteiger partial charge in [-0.15, -0.1) is 0 Å². The zero-order valence-electron chi connectivity index (χ0n) is 11.1. The van der Waals surface area contributed by atoms with Crippen molar-refractivity contribution < 1.29 is 14.6 Å². The van der Waals surface area contributed by atoms with Gasteiger partial charge in [0.1, 0.15) is 5.00 Å². The molecule has 1 aromatic rings. The Labute approximate surface area is 122 Å². The fourth-order valence-electron chi connectivity index (χ4n) is 2.30. The van der Waals surface area contributed by atoms with E-state index in [0.29, 0.717) is 13.1 Å². The number of nitrogens with zero attached hydrogens (tertiary/aromatic N) is 1. The summed E-state index contributed by atoms with van der Waals surface area (Å²) >= 11 is 6.63. The number of rotatable bonds is 6. The van der Waals surface area contributed by atoms with Gasteiger partial charge in [-0.2, -0.15) is 0 Å². The summed E-state index contributed by atoms with van der Waals surface area (Å²) in [6.07, 6.45) is 8.64. The maximum Gasteiger partial charge on any atom is 0.134 e. The molecule has 1 heterocycles. The summed E-state index contributed by atoms with van der Waals surface area (Å²) < 4.78 is 5.08. The van der Waals surface area contributed by atoms with Crippen molar-refractivity contribution in [1.29, 1.82) is 0 Å². The van der Waals surface area contributed by atoms with E-state index in [1.54, 1.807) is 23.5 Å². The summed E-state index contributed by atoms with van der Waals surface area (Å²) in [4.78, 5) is 0.880. The van der Waals surface area contributed by atoms with Crippen LogP contribution in [0.2, 0.25) is 0 Å². The highest BCUT2D eigenvalue weighted by atomic mass is 35.5. The molecule has 1 aromatic heterocycles. The van der Waals surface area contributed by atoms with Gasteiger partial charge in [0.25, 0.3) is 0 Å². The number of halogens is 1. The van der Waals surface area contributed by atoms with Gasteiger partial charge < -0.3 is 20.4 Å². The molecule has 2 unspecified atom stereocenters. The molecule has 2 atom stereocenters. The van der Waals surface area contributed by atoms with Crippen LogP contribution < -0.4 is 5.73 Å². The molecule has 0 fully saturated rings. The van der Waals surface area contributed by atoms with Crippen molar-refractivity contribution >= 4 is 17.2 Å². The Bertz CT molecular complexity index is 481. The first kappa shape index (κ1) is 15.3. The van der Waals surface area contributed by atoms with E-state index >= 15 is 0 Å². The van der Waals surface area contributed by atoms with Gasteiger partial charge in [0.2, 0.25) is 0 Å². The van der Waals surface area contributed by atoms with Crippen LogP contribution in [0.15, 0.2) is 41.2 Å². The first-order valence-electron chi connectivity index (χ1n) is 6.46. The normalized spacial score (nSPS) is 26.1. The molecule has 0 radical (unpaired) electrons. The molecule has 0 saturated heterocycles. The van der Waals surface area contributed by atoms with Crippen molar-refractivity contribution in [2.75, 3.05) is 26.3 Å². The molecule has 0 aliphatic heterocycles. The summed E-state index contributed by atoms with van der Waals surface area (Å²) in [6, 6.07) is 1.56. The van der Waals surface area contributed by atoms with E-state index in [1.165, 1.54) is 0 Å². The minimum absolute atomic E-state index is 0.0384. The highest BCUT2D eigenvalue weighted by molar-refractivity contribution is 6.27. The van der Waals surface area contributed by atoms with E-state index in [2.05, 4.69) is 0 Å². The summed E-state index contributed by atoms with van der Waals surface area (Å²) in [5.41, 5.74) is 7.80. The van der Waals surface area contributed by atoms with Gasteiger partial charge in [-0.05, 0) is 23.8 Å². The number of alkyl halides is 1. The monoisotopic (exact) mass is 298 g/mol. The predicted molar refractivity (Wildman–Crippen MR) is 78.1 cm³/mol. The molecule has 0 bridgehead atoms. The lowest BCUT2D eigenvalue weighted by Gasteiger charge is -2.37. The fourth-order valence-corrected chi connectivity index (χ4v) is 2.66. The van der Waals surface area contributed by atoms with Crippen molar-refractivity contribution in [3.8, 4) is 0 Å². The topological polar surface area (TPSA) is 82.9 Å². The molecule has 0 aromatic carbocycles. The zero-order valence-corrected chi connectivity index (χ0v) is 11.8. The maximum atomic E-state index is 9.14. The van der Waals surface area contributed by atoms with Crippen molar-refractivity contribution in [1.82, 2.24) is 4.90 Å². The van der Waals surface area contributed by atoms with Gasteiger partial charge >= 0.3 is 0 Å². The molecular weight excluding hydrogens is 280 g/mol. The average Bonchev–Trinajstić information content (AvgIpc) is 2.95. The Morgan fingerprint density at radius 3 is 2.60 bits per heavy atom. The van der Waals surface area contributed by atoms with Gasteiger partial charge in [-0.3, -0.25) is 4.90 Å². The standard InChI is InChI=1S/C14H19ClN2O3/c15-14(17(4-6-18)5-7-19)3-1-13(16)12(9-14)11-2-8-20-10-11/h1-3,8-10,13,18-19H,4-7,16H2. The van der Waals surface area contributed by atoms with Crippen LogP contribution in [0.4, 0.5) is 0 Å². The molecular formula is C14H19ClN2O3. The third-order valence-corrected chi connectivity index (χ3v) is 3.81. The lowest BCUT2D eigenvalue weighted by atomic mass is 9.93. The molecule has 5 nitrogen and oxygen atoms in total. The van der Waals surface area contributed by atoms with Crippen LogP contribution in [0.1, 0.15) is 5.56 Å². The molecule has 1 aliphatic rings. The Morgan fingerprint density at radius 1 is 1.35 bits per heavy atom. The third-order valence-electron chi connectivity index (χ3n) is 3.33. The smallest absolute Gasteiger partial charge is 0.134 e. The Kier molecular flexibility index (Phi) is 5.01. The van der Waals surface area contributed by atoms with E-state index in [1.807, 2.05) is 18.2 Å². The van der Waals surface area contributed by atoms with Crippen LogP contribution in [0, 0.1) is 0 Å². The summed E-state index contributed by atoms with van der Waals surface area (Å²) in [6.45, 7) is 0.643. The fraction of sp³-hybridized carbons (Fsp3) is 0.429. The van der Waals surface area contributed by atoms with E-state index < -0.39 is 5.00 Å². The van der Waals surface area contributed by atoms with Crippen molar-refractivity contribution in [2.45, 2.75) is 11.0 Å². The van der Waals surface area contributed by atoms with Crippen molar-refractivity contribution in [3.05, 3.63) is 42.4 Å². The van der Waals surface area contributed by atoms with Crippen LogP contribution in [-0.2, 0) is 0 Å². The third kappa shape index (κ3) is 3.13. The summed E-state index contributed by atoms with van der Waals surface area (Å²) in [7, 11) is 0. The number of hydrogen-bond donors (Lipinski definition) is 3. The maximum absolute atomic E-state index is 9.14. The van der Waals surface area contributed by atoms with Gasteiger partial charge in [0.05, 0.1) is 25.7 Å². The largest absolute Gasteiger partial charge is 0.472 e. The van der Waals surface area contributed by atoms with Crippen LogP contribution >= 0.6 is 11.6 Å². The van der Waals surface area contributed by atoms with Gasteiger partial charge in [-0.25, -0.2) is 0 Å². The van der Waals surface area contributed by atoms with Crippen LogP contribution in [-0.4, -0.2) is 52.5 Å². The van der Waals surface area contributed by atoms with Crippen molar-refractivity contribution in [3.63, 3.8) is 0 Å². The quantitative estimate of drug-likeness (QED) is 0.411. The lowest BCUT2D eigenvalue weighted by molar-refractivity contribution is 0.139. The molecule has 1 aliphatic carbocycles. The molecule has 0 amide bonds. The second-order valence-corrected chi connectivity index (χ2v) is 5.26. The highest BCUT2D eigenvalue weighted by Gasteiger charge is 2.33. The van der Waals surface area contributed by atoms with E-state index in [-0.39, 0.29) is 19.3 Å². The van der Waals surface area contributed by atoms with Gasteiger partial charge in [0.15, 0.2) is 0 Å². The highest BCUT2D eigenvalue weighted by Crippen LogP contribution is 2.34. The molecule has 0 spiro atoms. The number of aliphatic hydroxyl groups excluding tert-OH is 2. The second-order valence-electron chi connectivity index (χ2n) is 4.66. The Hall–Kier alpha value is -1.11. The van der Waals surface area contributed by atoms with E-state index in [4.69, 9.17) is 32.0 Å². The second kappa shape index (κ2) is 6.56. The van der Waals surface area contributed by atoms with Crippen LogP contribution in [0.25, 0.3) is 5.57 Å². The molecule has 20 heavy (non-hydrogen) atoms. The number of furan rings is 1. The predicted octanol–water partition coefficient (Wildman–Crippen LogP) is 0.782. The van der Waals surface area contributed by atoms with Crippen LogP contribution in [0.5, 0.6) is 0 Å². The molecule has 110 valence electrons. The summed E-state index contributed by atoms with van der Waals surface area (Å²) in [5.74, 6) is 0. The first-order chi connectivity index (χ1) is 9.60. The van der Waals surface area contributed by atoms with E-state index in [0.717, 1.165) is 11.1 Å². The Morgan fingerprint density at radius 2 is 2.05 bits per heavy atom. The van der Waals surface area contributed by atoms with Crippen molar-refractivity contribution in [2.24, 2.45) is 5.73 Å². The molecule has 4 N–H and O–H groups in total. The average molecular weight is 299 g/mol. The lowest BCUT2D eigenvalue weighted by Crippen LogP contribution is -2.46. The number of hydrogen-bond acceptors (Lipinski definition) is 5. The van der Waals surface area contributed by atoms with Gasteiger partial charge in [0, 0.05) is 24.7 Å². The first-order valence-corrected chi connectivity index (χ1v) is 6.84. The molecule has 2 rings (SSSR count). The molecule has 0 saturated carbocycles. The number of aliphatic hydroxyl groups is 2. The summed E-state index contributed by atoms with van der Waals surface area (Å²) in [5, 5.41) is 18.3. The van der Waals surface area contributed by atoms with E-state index in [9.17, 15) is 0 Å². The SMILES string of the molecule is NC1C=CC(Cl)(N(CCO)CCO)C=C1c1ccoc1. The van der Waals surface area contributed by atoms with Crippen LogP contribution in [0.3, 0.4) is 0 Å². The minimum atomic E-state index is -0.909. The minimum Gasteiger partial charge on any atom is -0.472 e. The molecule has 6 heteroatoms. The number of nitrogens with two attached hydrogens (primary N) is 1.